The molecule has 0 fully saturated rings. The van der Waals surface area contributed by atoms with Crippen LogP contribution in [0, 0.1) is 10.1 Å². The number of rotatable bonds is 9. The number of hydrazone groups is 1. The molecule has 0 aliphatic carbocycles. The van der Waals surface area contributed by atoms with Gasteiger partial charge in [0.05, 0.1) is 29.0 Å². The van der Waals surface area contributed by atoms with E-state index in [1.807, 2.05) is 0 Å². The molecule has 2 N–H and O–H groups in total. The molecule has 0 saturated heterocycles. The summed E-state index contributed by atoms with van der Waals surface area (Å²) in [7, 11) is 1.44. The van der Waals surface area contributed by atoms with Crippen LogP contribution in [0.5, 0.6) is 11.5 Å². The Morgan fingerprint density at radius 3 is 2.62 bits per heavy atom. The van der Waals surface area contributed by atoms with Crippen molar-refractivity contribution < 1.29 is 24.0 Å². The lowest BCUT2D eigenvalue weighted by Gasteiger charge is -2.12. The number of hydrogen-bond donors (Lipinski definition) is 2. The van der Waals surface area contributed by atoms with Crippen LogP contribution in [-0.4, -0.2) is 36.7 Å². The summed E-state index contributed by atoms with van der Waals surface area (Å²) >= 11 is 6.02. The van der Waals surface area contributed by atoms with Crippen molar-refractivity contribution in [1.82, 2.24) is 5.43 Å². The molecule has 0 aliphatic rings. The molecular formula is C23H19ClN4O6. The van der Waals surface area contributed by atoms with Gasteiger partial charge in [0.1, 0.15) is 0 Å². The molecule has 0 unspecified atom stereocenters. The third-order valence-corrected chi connectivity index (χ3v) is 4.72. The number of carbonyl (C=O) groups is 2. The monoisotopic (exact) mass is 482 g/mol. The first-order chi connectivity index (χ1) is 16.4. The van der Waals surface area contributed by atoms with Crippen molar-refractivity contribution in [3.63, 3.8) is 0 Å². The number of benzene rings is 3. The van der Waals surface area contributed by atoms with Crippen LogP contribution in [-0.2, 0) is 4.79 Å². The molecule has 0 spiro atoms. The fourth-order valence-corrected chi connectivity index (χ4v) is 2.95. The molecule has 3 rings (SSSR count). The fraction of sp³-hybridized carbons (Fsp3) is 0.0870. The third kappa shape index (κ3) is 6.53. The Bertz CT molecular complexity index is 1250. The summed E-state index contributed by atoms with van der Waals surface area (Å²) < 4.78 is 10.8. The van der Waals surface area contributed by atoms with E-state index in [1.54, 1.807) is 42.5 Å². The van der Waals surface area contributed by atoms with Gasteiger partial charge in [-0.05, 0) is 42.0 Å². The largest absolute Gasteiger partial charge is 0.493 e. The zero-order valence-electron chi connectivity index (χ0n) is 17.9. The first-order valence-electron chi connectivity index (χ1n) is 9.80. The second-order valence-electron chi connectivity index (χ2n) is 6.73. The molecule has 0 aromatic heterocycles. The number of halogens is 1. The molecule has 34 heavy (non-hydrogen) atoms. The van der Waals surface area contributed by atoms with Gasteiger partial charge in [-0.1, -0.05) is 29.8 Å². The van der Waals surface area contributed by atoms with E-state index in [2.05, 4.69) is 15.8 Å². The SMILES string of the molecule is COc1cc(/C=N/NC(=O)c2cccc([N+](=O)[O-])c2)ccc1OCC(=O)Nc1ccccc1Cl. The van der Waals surface area contributed by atoms with Crippen LogP contribution in [0.25, 0.3) is 0 Å². The zero-order chi connectivity index (χ0) is 24.5. The highest BCUT2D eigenvalue weighted by atomic mass is 35.5. The number of anilines is 1. The van der Waals surface area contributed by atoms with Gasteiger partial charge in [-0.15, -0.1) is 0 Å². The van der Waals surface area contributed by atoms with E-state index in [9.17, 15) is 19.7 Å². The highest BCUT2D eigenvalue weighted by molar-refractivity contribution is 6.33. The molecule has 3 aromatic carbocycles. The molecule has 10 nitrogen and oxygen atoms in total. The third-order valence-electron chi connectivity index (χ3n) is 4.39. The Balaban J connectivity index is 1.59. The van der Waals surface area contributed by atoms with Crippen molar-refractivity contribution in [3.05, 3.63) is 93.0 Å². The van der Waals surface area contributed by atoms with Crippen LogP contribution in [0.3, 0.4) is 0 Å². The van der Waals surface area contributed by atoms with E-state index < -0.39 is 16.7 Å². The maximum Gasteiger partial charge on any atom is 0.271 e. The molecule has 0 bridgehead atoms. The van der Waals surface area contributed by atoms with Crippen molar-refractivity contribution in [2.45, 2.75) is 0 Å². The van der Waals surface area contributed by atoms with Crippen molar-refractivity contribution in [3.8, 4) is 11.5 Å². The summed E-state index contributed by atoms with van der Waals surface area (Å²) in [4.78, 5) is 34.6. The number of methoxy groups -OCH3 is 1. The van der Waals surface area contributed by atoms with E-state index in [4.69, 9.17) is 21.1 Å². The lowest BCUT2D eigenvalue weighted by molar-refractivity contribution is -0.384. The lowest BCUT2D eigenvalue weighted by Crippen LogP contribution is -2.20. The van der Waals surface area contributed by atoms with E-state index in [-0.39, 0.29) is 17.9 Å². The zero-order valence-corrected chi connectivity index (χ0v) is 18.6. The summed E-state index contributed by atoms with van der Waals surface area (Å²) in [5.74, 6) is -0.324. The number of ether oxygens (including phenoxy) is 2. The summed E-state index contributed by atoms with van der Waals surface area (Å²) in [6, 6.07) is 17.0. The average molecular weight is 483 g/mol. The second-order valence-corrected chi connectivity index (χ2v) is 7.14. The average Bonchev–Trinajstić information content (AvgIpc) is 2.84. The minimum atomic E-state index is -0.601. The standard InChI is InChI=1S/C23H19ClN4O6/c1-33-21-11-15(13-25-27-23(30)16-5-4-6-17(12-16)28(31)32)9-10-20(21)34-14-22(29)26-19-8-3-2-7-18(19)24/h2-13H,14H2,1H3,(H,26,29)(H,27,30)/b25-13+. The number of carbonyl (C=O) groups excluding carboxylic acids is 2. The van der Waals surface area contributed by atoms with Gasteiger partial charge in [0, 0.05) is 17.7 Å². The van der Waals surface area contributed by atoms with Gasteiger partial charge >= 0.3 is 0 Å². The smallest absolute Gasteiger partial charge is 0.271 e. The van der Waals surface area contributed by atoms with E-state index in [1.165, 1.54) is 31.5 Å². The molecule has 2 amide bonds. The molecule has 0 atom stereocenters. The fourth-order valence-electron chi connectivity index (χ4n) is 2.77. The number of nitrogens with one attached hydrogen (secondary N) is 2. The first kappa shape index (κ1) is 24.2. The summed E-state index contributed by atoms with van der Waals surface area (Å²) in [5.41, 5.74) is 3.26. The number of amides is 2. The Kier molecular flexibility index (Phi) is 8.14. The second kappa shape index (κ2) is 11.4. The van der Waals surface area contributed by atoms with E-state index in [0.717, 1.165) is 6.07 Å². The highest BCUT2D eigenvalue weighted by Gasteiger charge is 2.12. The molecule has 0 aliphatic heterocycles. The maximum absolute atomic E-state index is 12.2. The molecule has 0 radical (unpaired) electrons. The van der Waals surface area contributed by atoms with Gasteiger partial charge < -0.3 is 14.8 Å². The number of nitrogens with zero attached hydrogens (tertiary/aromatic N) is 2. The maximum atomic E-state index is 12.2. The van der Waals surface area contributed by atoms with Gasteiger partial charge in [0.15, 0.2) is 18.1 Å². The van der Waals surface area contributed by atoms with Crippen molar-refractivity contribution in [2.24, 2.45) is 5.10 Å². The number of nitro groups is 1. The Morgan fingerprint density at radius 1 is 1.09 bits per heavy atom. The van der Waals surface area contributed by atoms with Crippen LogP contribution in [0.2, 0.25) is 5.02 Å². The highest BCUT2D eigenvalue weighted by Crippen LogP contribution is 2.28. The molecule has 174 valence electrons. The van der Waals surface area contributed by atoms with Crippen LogP contribution in [0.1, 0.15) is 15.9 Å². The molecule has 3 aromatic rings. The normalized spacial score (nSPS) is 10.5. The molecule has 0 saturated carbocycles. The predicted molar refractivity (Wildman–Crippen MR) is 127 cm³/mol. The van der Waals surface area contributed by atoms with Crippen LogP contribution < -0.4 is 20.2 Å². The first-order valence-corrected chi connectivity index (χ1v) is 10.2. The quantitative estimate of drug-likeness (QED) is 0.269. The Morgan fingerprint density at radius 2 is 1.88 bits per heavy atom. The molecule has 0 heterocycles. The number of hydrogen-bond acceptors (Lipinski definition) is 7. The summed E-state index contributed by atoms with van der Waals surface area (Å²) in [6.07, 6.45) is 1.37. The number of non-ortho nitro benzene ring substituents is 1. The van der Waals surface area contributed by atoms with Gasteiger partial charge in [0.2, 0.25) is 0 Å². The van der Waals surface area contributed by atoms with Gasteiger partial charge in [-0.3, -0.25) is 19.7 Å². The lowest BCUT2D eigenvalue weighted by atomic mass is 10.2. The molecular weight excluding hydrogens is 464 g/mol. The van der Waals surface area contributed by atoms with Crippen LogP contribution >= 0.6 is 11.6 Å². The van der Waals surface area contributed by atoms with E-state index in [0.29, 0.717) is 27.8 Å². The van der Waals surface area contributed by atoms with Crippen LogP contribution in [0.15, 0.2) is 71.8 Å². The molecule has 11 heteroatoms. The van der Waals surface area contributed by atoms with Gasteiger partial charge in [0.25, 0.3) is 17.5 Å². The van der Waals surface area contributed by atoms with E-state index >= 15 is 0 Å². The van der Waals surface area contributed by atoms with Gasteiger partial charge in [-0.25, -0.2) is 5.43 Å². The number of nitro benzene ring substituents is 1. The number of para-hydroxylation sites is 1. The van der Waals surface area contributed by atoms with Crippen molar-refractivity contribution in [2.75, 3.05) is 19.0 Å². The van der Waals surface area contributed by atoms with Crippen molar-refractivity contribution in [1.29, 1.82) is 0 Å². The van der Waals surface area contributed by atoms with Gasteiger partial charge in [-0.2, -0.15) is 5.10 Å². The predicted octanol–water partition coefficient (Wildman–Crippen LogP) is 4.04. The van der Waals surface area contributed by atoms with Crippen LogP contribution in [0.4, 0.5) is 11.4 Å². The minimum Gasteiger partial charge on any atom is -0.493 e. The summed E-state index contributed by atoms with van der Waals surface area (Å²) in [5, 5.41) is 17.8. The Labute approximate surface area is 199 Å². The topological polar surface area (TPSA) is 132 Å². The minimum absolute atomic E-state index is 0.0998. The Hall–Kier alpha value is -4.44. The summed E-state index contributed by atoms with van der Waals surface area (Å²) in [6.45, 7) is -0.270. The van der Waals surface area contributed by atoms with Crippen molar-refractivity contribution >= 4 is 41.0 Å².